The van der Waals surface area contributed by atoms with Crippen molar-refractivity contribution in [2.24, 2.45) is 11.3 Å². The summed E-state index contributed by atoms with van der Waals surface area (Å²) < 4.78 is -0.212. The number of alkyl halides is 1. The number of halogens is 1. The Bertz CT molecular complexity index is 223. The highest BCUT2D eigenvalue weighted by Crippen LogP contribution is 2.43. The van der Waals surface area contributed by atoms with Crippen molar-refractivity contribution in [3.8, 4) is 12.1 Å². The summed E-state index contributed by atoms with van der Waals surface area (Å²) in [6, 6.07) is 4.01. The Hall–Kier alpha value is -0.540. The van der Waals surface area contributed by atoms with E-state index in [0.717, 1.165) is 0 Å². The smallest absolute Gasteiger partial charge is 0.139 e. The molecule has 0 atom stereocenters. The minimum atomic E-state index is -0.577. The Morgan fingerprint density at radius 1 is 1.08 bits per heavy atom. The average molecular weight is 229 g/mol. The molecular formula is C9H13BrN2. The summed E-state index contributed by atoms with van der Waals surface area (Å²) in [5, 5.41) is 17.5. The topological polar surface area (TPSA) is 47.6 Å². The molecule has 0 unspecified atom stereocenters. The van der Waals surface area contributed by atoms with Gasteiger partial charge in [-0.05, 0) is 13.8 Å². The van der Waals surface area contributed by atoms with Crippen LogP contribution in [0, 0.1) is 34.0 Å². The first-order valence-corrected chi connectivity index (χ1v) is 4.55. The van der Waals surface area contributed by atoms with E-state index in [1.807, 2.05) is 39.8 Å². The van der Waals surface area contributed by atoms with Crippen LogP contribution in [0.3, 0.4) is 0 Å². The molecule has 0 spiro atoms. The Labute approximate surface area is 82.3 Å². The number of hydrogen-bond acceptors (Lipinski definition) is 2. The molecule has 0 saturated heterocycles. The molecule has 0 radical (unpaired) electrons. The second-order valence-electron chi connectivity index (χ2n) is 3.89. The normalized spacial score (nSPS) is 12.3. The van der Waals surface area contributed by atoms with Gasteiger partial charge in [-0.15, -0.1) is 0 Å². The van der Waals surface area contributed by atoms with E-state index in [9.17, 15) is 0 Å². The molecule has 0 N–H and O–H groups in total. The Kier molecular flexibility index (Phi) is 3.30. The molecular weight excluding hydrogens is 216 g/mol. The highest BCUT2D eigenvalue weighted by molar-refractivity contribution is 9.10. The quantitative estimate of drug-likeness (QED) is 0.683. The molecule has 0 aliphatic heterocycles. The molecule has 0 aliphatic carbocycles. The van der Waals surface area contributed by atoms with E-state index in [1.165, 1.54) is 0 Å². The first-order chi connectivity index (χ1) is 5.27. The second kappa shape index (κ2) is 3.46. The van der Waals surface area contributed by atoms with Crippen molar-refractivity contribution in [3.05, 3.63) is 0 Å². The molecule has 0 saturated carbocycles. The Morgan fingerprint density at radius 3 is 1.50 bits per heavy atom. The van der Waals surface area contributed by atoms with Gasteiger partial charge in [-0.2, -0.15) is 10.5 Å². The van der Waals surface area contributed by atoms with Gasteiger partial charge in [-0.25, -0.2) is 0 Å². The predicted octanol–water partition coefficient (Wildman–Crippen LogP) is 2.85. The number of nitrogens with zero attached hydrogens (tertiary/aromatic N) is 2. The van der Waals surface area contributed by atoms with Crippen LogP contribution >= 0.6 is 15.9 Å². The molecule has 0 fully saturated rings. The highest BCUT2D eigenvalue weighted by atomic mass is 79.9. The molecule has 0 bridgehead atoms. The summed E-state index contributed by atoms with van der Waals surface area (Å²) in [5.41, 5.74) is -0.351. The molecule has 66 valence electrons. The minimum Gasteiger partial charge on any atom is -0.197 e. The van der Waals surface area contributed by atoms with E-state index in [1.54, 1.807) is 0 Å². The zero-order valence-corrected chi connectivity index (χ0v) is 9.44. The zero-order chi connectivity index (χ0) is 9.99. The third kappa shape index (κ3) is 1.99. The van der Waals surface area contributed by atoms with Crippen molar-refractivity contribution in [2.75, 3.05) is 0 Å². The fraction of sp³-hybridized carbons (Fsp3) is 0.778. The lowest BCUT2D eigenvalue weighted by Crippen LogP contribution is -2.38. The Balaban J connectivity index is 4.89. The lowest BCUT2D eigenvalue weighted by atomic mass is 9.72. The van der Waals surface area contributed by atoms with Crippen LogP contribution in [0.25, 0.3) is 0 Å². The van der Waals surface area contributed by atoms with Gasteiger partial charge in [0.2, 0.25) is 0 Å². The van der Waals surface area contributed by atoms with E-state index < -0.39 is 5.92 Å². The first-order valence-electron chi connectivity index (χ1n) is 3.75. The maximum Gasteiger partial charge on any atom is 0.139 e. The zero-order valence-electron chi connectivity index (χ0n) is 7.85. The molecule has 0 rings (SSSR count). The number of nitriles is 2. The summed E-state index contributed by atoms with van der Waals surface area (Å²) in [4.78, 5) is 0. The maximum absolute atomic E-state index is 8.73. The van der Waals surface area contributed by atoms with Crippen molar-refractivity contribution in [3.63, 3.8) is 0 Å². The van der Waals surface area contributed by atoms with Gasteiger partial charge in [0.05, 0.1) is 12.1 Å². The molecule has 0 aromatic heterocycles. The minimum absolute atomic E-state index is 0.212. The van der Waals surface area contributed by atoms with Gasteiger partial charge in [-0.3, -0.25) is 0 Å². The number of rotatable bonds is 2. The fourth-order valence-electron chi connectivity index (χ4n) is 0.695. The third-order valence-electron chi connectivity index (χ3n) is 2.51. The van der Waals surface area contributed by atoms with Crippen molar-refractivity contribution in [1.82, 2.24) is 0 Å². The van der Waals surface area contributed by atoms with Crippen LogP contribution in [0.2, 0.25) is 0 Å². The molecule has 0 amide bonds. The van der Waals surface area contributed by atoms with Gasteiger partial charge in [0.1, 0.15) is 5.92 Å². The van der Waals surface area contributed by atoms with E-state index in [4.69, 9.17) is 10.5 Å². The van der Waals surface area contributed by atoms with Crippen LogP contribution in [-0.2, 0) is 0 Å². The van der Waals surface area contributed by atoms with Crippen molar-refractivity contribution in [2.45, 2.75) is 32.0 Å². The van der Waals surface area contributed by atoms with Gasteiger partial charge < -0.3 is 0 Å². The molecule has 0 heterocycles. The first kappa shape index (κ1) is 11.5. The SMILES string of the molecule is CC(C)(Br)C(C)(C)C(C#N)C#N. The summed E-state index contributed by atoms with van der Waals surface area (Å²) in [6.45, 7) is 7.76. The third-order valence-corrected chi connectivity index (χ3v) is 3.53. The van der Waals surface area contributed by atoms with Gasteiger partial charge >= 0.3 is 0 Å². The highest BCUT2D eigenvalue weighted by Gasteiger charge is 2.42. The van der Waals surface area contributed by atoms with Gasteiger partial charge in [-0.1, -0.05) is 29.8 Å². The lowest BCUT2D eigenvalue weighted by molar-refractivity contribution is 0.248. The van der Waals surface area contributed by atoms with E-state index in [-0.39, 0.29) is 9.74 Å². The second-order valence-corrected chi connectivity index (χ2v) is 5.87. The van der Waals surface area contributed by atoms with E-state index in [2.05, 4.69) is 15.9 Å². The van der Waals surface area contributed by atoms with Crippen LogP contribution in [0.4, 0.5) is 0 Å². The van der Waals surface area contributed by atoms with Crippen LogP contribution in [0.5, 0.6) is 0 Å². The van der Waals surface area contributed by atoms with Gasteiger partial charge in [0, 0.05) is 9.74 Å². The standard InChI is InChI=1S/C9H13BrN2/c1-8(2,9(3,4)10)7(5-11)6-12/h7H,1-4H3. The van der Waals surface area contributed by atoms with Crippen molar-refractivity contribution in [1.29, 1.82) is 10.5 Å². The predicted molar refractivity (Wildman–Crippen MR) is 51.5 cm³/mol. The van der Waals surface area contributed by atoms with Crippen molar-refractivity contribution < 1.29 is 0 Å². The van der Waals surface area contributed by atoms with Gasteiger partial charge in [0.15, 0.2) is 0 Å². The fourth-order valence-corrected chi connectivity index (χ4v) is 0.924. The molecule has 0 aromatic rings. The summed E-state index contributed by atoms with van der Waals surface area (Å²) in [5.74, 6) is -0.577. The van der Waals surface area contributed by atoms with Crippen LogP contribution < -0.4 is 0 Å². The van der Waals surface area contributed by atoms with Crippen LogP contribution in [0.1, 0.15) is 27.7 Å². The summed E-state index contributed by atoms with van der Waals surface area (Å²) in [6.07, 6.45) is 0. The molecule has 0 aromatic carbocycles. The largest absolute Gasteiger partial charge is 0.197 e. The van der Waals surface area contributed by atoms with Crippen LogP contribution in [0.15, 0.2) is 0 Å². The Morgan fingerprint density at radius 2 is 1.42 bits per heavy atom. The summed E-state index contributed by atoms with van der Waals surface area (Å²) in [7, 11) is 0. The van der Waals surface area contributed by atoms with Gasteiger partial charge in [0.25, 0.3) is 0 Å². The summed E-state index contributed by atoms with van der Waals surface area (Å²) >= 11 is 3.48. The molecule has 2 nitrogen and oxygen atoms in total. The molecule has 3 heteroatoms. The number of hydrogen-bond donors (Lipinski definition) is 0. The monoisotopic (exact) mass is 228 g/mol. The van der Waals surface area contributed by atoms with E-state index in [0.29, 0.717) is 0 Å². The lowest BCUT2D eigenvalue weighted by Gasteiger charge is -2.37. The average Bonchev–Trinajstić information content (AvgIpc) is 1.87. The van der Waals surface area contributed by atoms with Crippen molar-refractivity contribution >= 4 is 15.9 Å². The molecule has 12 heavy (non-hydrogen) atoms. The molecule has 0 aliphatic rings. The van der Waals surface area contributed by atoms with Crippen LogP contribution in [-0.4, -0.2) is 4.32 Å². The maximum atomic E-state index is 8.73. The van der Waals surface area contributed by atoms with E-state index >= 15 is 0 Å².